The Morgan fingerprint density at radius 3 is 2.05 bits per heavy atom. The first-order valence-corrected chi connectivity index (χ1v) is 9.05. The highest BCUT2D eigenvalue weighted by atomic mass is 35.5. The van der Waals surface area contributed by atoms with Crippen LogP contribution in [0.2, 0.25) is 15.1 Å². The largest absolute Gasteiger partial charge is 0.149 e. The first-order valence-electron chi connectivity index (χ1n) is 6.87. The number of halogens is 3. The van der Waals surface area contributed by atoms with Crippen LogP contribution in [-0.4, -0.2) is 0 Å². The highest BCUT2D eigenvalue weighted by molar-refractivity contribution is 7.98. The summed E-state index contributed by atoms with van der Waals surface area (Å²) in [6, 6.07) is 13.6. The van der Waals surface area contributed by atoms with Crippen LogP contribution in [0.15, 0.2) is 42.5 Å². The van der Waals surface area contributed by atoms with E-state index in [1.54, 1.807) is 6.07 Å². The standard InChI is InChI=1S/C15H13Cl3S.C2H6/c1-10(14-7-6-13(17)8-15(14)18)19-9-11-2-4-12(16)5-3-11;1-2/h2-8,10H,9H2,1H3;1-2H3. The SMILES string of the molecule is CC.CC(SCc1ccc(Cl)cc1)c1ccc(Cl)cc1Cl. The van der Waals surface area contributed by atoms with Crippen molar-refractivity contribution in [3.8, 4) is 0 Å². The fourth-order valence-electron chi connectivity index (χ4n) is 1.72. The van der Waals surface area contributed by atoms with Crippen LogP contribution >= 0.6 is 46.6 Å². The zero-order chi connectivity index (χ0) is 15.8. The zero-order valence-electron chi connectivity index (χ0n) is 12.4. The van der Waals surface area contributed by atoms with Crippen molar-refractivity contribution in [2.75, 3.05) is 0 Å². The zero-order valence-corrected chi connectivity index (χ0v) is 15.5. The van der Waals surface area contributed by atoms with Gasteiger partial charge in [0.2, 0.25) is 0 Å². The van der Waals surface area contributed by atoms with E-state index in [4.69, 9.17) is 34.8 Å². The number of hydrogen-bond donors (Lipinski definition) is 0. The predicted octanol–water partition coefficient (Wildman–Crippen LogP) is 7.67. The molecule has 1 atom stereocenters. The van der Waals surface area contributed by atoms with Crippen molar-refractivity contribution in [2.45, 2.75) is 31.8 Å². The minimum atomic E-state index is 0.320. The molecule has 0 N–H and O–H groups in total. The van der Waals surface area contributed by atoms with Gasteiger partial charge in [0, 0.05) is 26.1 Å². The lowest BCUT2D eigenvalue weighted by Crippen LogP contribution is -1.91. The van der Waals surface area contributed by atoms with E-state index >= 15 is 0 Å². The van der Waals surface area contributed by atoms with Crippen LogP contribution in [0.4, 0.5) is 0 Å². The van der Waals surface area contributed by atoms with Crippen LogP contribution in [0.1, 0.15) is 37.1 Å². The lowest BCUT2D eigenvalue weighted by atomic mass is 10.2. The molecular formula is C17H19Cl3S. The maximum absolute atomic E-state index is 6.21. The molecule has 0 aliphatic carbocycles. The smallest absolute Gasteiger partial charge is 0.0463 e. The van der Waals surface area contributed by atoms with Gasteiger partial charge >= 0.3 is 0 Å². The van der Waals surface area contributed by atoms with Crippen molar-refractivity contribution < 1.29 is 0 Å². The second kappa shape index (κ2) is 9.63. The molecule has 114 valence electrons. The number of hydrogen-bond acceptors (Lipinski definition) is 1. The average Bonchev–Trinajstić information content (AvgIpc) is 2.48. The summed E-state index contributed by atoms with van der Waals surface area (Å²) in [6.07, 6.45) is 0. The minimum absolute atomic E-state index is 0.320. The van der Waals surface area contributed by atoms with Crippen molar-refractivity contribution in [1.82, 2.24) is 0 Å². The molecule has 4 heteroatoms. The summed E-state index contributed by atoms with van der Waals surface area (Å²) in [6.45, 7) is 6.15. The lowest BCUT2D eigenvalue weighted by Gasteiger charge is -2.13. The predicted molar refractivity (Wildman–Crippen MR) is 99.0 cm³/mol. The van der Waals surface area contributed by atoms with Gasteiger partial charge in [-0.25, -0.2) is 0 Å². The van der Waals surface area contributed by atoms with Crippen molar-refractivity contribution in [1.29, 1.82) is 0 Å². The molecule has 0 saturated carbocycles. The number of thioether (sulfide) groups is 1. The Labute approximate surface area is 146 Å². The molecular weight excluding hydrogens is 343 g/mol. The van der Waals surface area contributed by atoms with Crippen LogP contribution < -0.4 is 0 Å². The second-order valence-corrected chi connectivity index (χ2v) is 6.85. The normalized spacial score (nSPS) is 11.5. The molecule has 0 fully saturated rings. The van der Waals surface area contributed by atoms with Crippen LogP contribution in [0.3, 0.4) is 0 Å². The summed E-state index contributed by atoms with van der Waals surface area (Å²) in [5.74, 6) is 0.928. The Bertz CT molecular complexity index is 552. The Kier molecular flexibility index (Phi) is 8.58. The van der Waals surface area contributed by atoms with Crippen LogP contribution in [0.25, 0.3) is 0 Å². The van der Waals surface area contributed by atoms with Crippen LogP contribution in [0, 0.1) is 0 Å². The third-order valence-corrected chi connectivity index (χ3v) is 4.88. The lowest BCUT2D eigenvalue weighted by molar-refractivity contribution is 1.09. The first kappa shape index (κ1) is 18.7. The molecule has 0 heterocycles. The van der Waals surface area contributed by atoms with Crippen molar-refractivity contribution in [3.63, 3.8) is 0 Å². The first-order chi connectivity index (χ1) is 10.1. The van der Waals surface area contributed by atoms with Gasteiger partial charge in [0.05, 0.1) is 0 Å². The highest BCUT2D eigenvalue weighted by Crippen LogP contribution is 2.36. The van der Waals surface area contributed by atoms with Crippen molar-refractivity contribution in [3.05, 3.63) is 68.7 Å². The maximum atomic E-state index is 6.21. The van der Waals surface area contributed by atoms with E-state index in [9.17, 15) is 0 Å². The Morgan fingerprint density at radius 2 is 1.48 bits per heavy atom. The number of benzene rings is 2. The van der Waals surface area contributed by atoms with Gasteiger partial charge in [-0.15, -0.1) is 11.8 Å². The van der Waals surface area contributed by atoms with Gasteiger partial charge in [0.25, 0.3) is 0 Å². The maximum Gasteiger partial charge on any atom is 0.0463 e. The van der Waals surface area contributed by atoms with E-state index in [0.717, 1.165) is 21.4 Å². The van der Waals surface area contributed by atoms with Gasteiger partial charge in [-0.3, -0.25) is 0 Å². The summed E-state index contributed by atoms with van der Waals surface area (Å²) in [7, 11) is 0. The third kappa shape index (κ3) is 6.12. The Morgan fingerprint density at radius 1 is 0.905 bits per heavy atom. The molecule has 0 amide bonds. The van der Waals surface area contributed by atoms with E-state index in [1.807, 2.05) is 62.0 Å². The second-order valence-electron chi connectivity index (χ2n) is 4.25. The van der Waals surface area contributed by atoms with Gasteiger partial charge in [-0.05, 0) is 42.3 Å². The Hall–Kier alpha value is -0.340. The van der Waals surface area contributed by atoms with E-state index < -0.39 is 0 Å². The summed E-state index contributed by atoms with van der Waals surface area (Å²) >= 11 is 19.8. The Balaban J connectivity index is 0.00000106. The average molecular weight is 362 g/mol. The summed E-state index contributed by atoms with van der Waals surface area (Å²) in [5, 5.41) is 2.48. The molecule has 0 aliphatic rings. The molecule has 0 aromatic heterocycles. The fraction of sp³-hybridized carbons (Fsp3) is 0.294. The molecule has 0 bridgehead atoms. The topological polar surface area (TPSA) is 0 Å². The van der Waals surface area contributed by atoms with E-state index in [0.29, 0.717) is 10.3 Å². The van der Waals surface area contributed by atoms with Crippen molar-refractivity contribution in [2.24, 2.45) is 0 Å². The molecule has 0 aliphatic heterocycles. The van der Waals surface area contributed by atoms with E-state index in [1.165, 1.54) is 5.56 Å². The monoisotopic (exact) mass is 360 g/mol. The third-order valence-electron chi connectivity index (χ3n) is 2.81. The molecule has 2 aromatic rings. The summed E-state index contributed by atoms with van der Waals surface area (Å²) in [4.78, 5) is 0. The molecule has 0 radical (unpaired) electrons. The van der Waals surface area contributed by atoms with Gasteiger partial charge in [0.15, 0.2) is 0 Å². The van der Waals surface area contributed by atoms with Crippen molar-refractivity contribution >= 4 is 46.6 Å². The van der Waals surface area contributed by atoms with E-state index in [2.05, 4.69) is 6.92 Å². The fourth-order valence-corrected chi connectivity index (χ4v) is 3.51. The molecule has 2 rings (SSSR count). The van der Waals surface area contributed by atoms with Gasteiger partial charge in [-0.2, -0.15) is 0 Å². The molecule has 1 unspecified atom stereocenters. The van der Waals surface area contributed by atoms with Gasteiger partial charge < -0.3 is 0 Å². The van der Waals surface area contributed by atoms with Crippen LogP contribution in [-0.2, 0) is 5.75 Å². The quantitative estimate of drug-likeness (QED) is 0.538. The minimum Gasteiger partial charge on any atom is -0.149 e. The van der Waals surface area contributed by atoms with E-state index in [-0.39, 0.29) is 0 Å². The molecule has 0 nitrogen and oxygen atoms in total. The summed E-state index contributed by atoms with van der Waals surface area (Å²) in [5.41, 5.74) is 2.37. The molecule has 2 aromatic carbocycles. The summed E-state index contributed by atoms with van der Waals surface area (Å²) < 4.78 is 0. The highest BCUT2D eigenvalue weighted by Gasteiger charge is 2.10. The van der Waals surface area contributed by atoms with Crippen LogP contribution in [0.5, 0.6) is 0 Å². The molecule has 21 heavy (non-hydrogen) atoms. The molecule has 0 spiro atoms. The van der Waals surface area contributed by atoms with Gasteiger partial charge in [0.1, 0.15) is 0 Å². The van der Waals surface area contributed by atoms with Gasteiger partial charge in [-0.1, -0.05) is 66.8 Å². The molecule has 0 saturated heterocycles. The number of rotatable bonds is 4.